The number of halogens is 3. The van der Waals surface area contributed by atoms with E-state index in [4.69, 9.17) is 5.26 Å². The molecule has 0 heterocycles. The maximum Gasteiger partial charge on any atom is 0.152 e. The zero-order valence-electron chi connectivity index (χ0n) is 10.4. The fraction of sp³-hybridized carbons (Fsp3) is 0.462. The molecule has 0 aliphatic heterocycles. The molecule has 0 saturated heterocycles. The molecule has 0 aromatic heterocycles. The van der Waals surface area contributed by atoms with Gasteiger partial charge in [-0.3, -0.25) is 0 Å². The van der Waals surface area contributed by atoms with Gasteiger partial charge in [0.2, 0.25) is 0 Å². The van der Waals surface area contributed by atoms with Gasteiger partial charge in [-0.05, 0) is 26.7 Å². The molecule has 0 unspecified atom stereocenters. The number of hydrogen-bond donors (Lipinski definition) is 1. The zero-order chi connectivity index (χ0) is 13.8. The van der Waals surface area contributed by atoms with E-state index in [2.05, 4.69) is 11.4 Å². The van der Waals surface area contributed by atoms with E-state index < -0.39 is 22.9 Å². The van der Waals surface area contributed by atoms with Gasteiger partial charge in [0.1, 0.15) is 11.5 Å². The lowest BCUT2D eigenvalue weighted by atomic mass is 9.90. The van der Waals surface area contributed by atoms with E-state index in [-0.39, 0.29) is 5.69 Å². The van der Waals surface area contributed by atoms with Crippen molar-refractivity contribution in [1.29, 1.82) is 5.26 Å². The summed E-state index contributed by atoms with van der Waals surface area (Å²) >= 11 is 0. The molecule has 1 aromatic rings. The van der Waals surface area contributed by atoms with Crippen molar-refractivity contribution in [3.05, 3.63) is 29.6 Å². The number of nitrogens with zero attached hydrogens (tertiary/aromatic N) is 1. The third-order valence-electron chi connectivity index (χ3n) is 2.59. The van der Waals surface area contributed by atoms with Crippen LogP contribution < -0.4 is 5.32 Å². The molecule has 0 spiro atoms. The van der Waals surface area contributed by atoms with E-state index in [9.17, 15) is 13.2 Å². The smallest absolute Gasteiger partial charge is 0.152 e. The summed E-state index contributed by atoms with van der Waals surface area (Å²) in [5, 5.41) is 11.4. The van der Waals surface area contributed by atoms with Crippen LogP contribution in [0.5, 0.6) is 0 Å². The highest BCUT2D eigenvalue weighted by molar-refractivity contribution is 5.46. The van der Waals surface area contributed by atoms with Crippen molar-refractivity contribution < 1.29 is 13.2 Å². The van der Waals surface area contributed by atoms with Crippen LogP contribution in [-0.2, 0) is 0 Å². The van der Waals surface area contributed by atoms with Gasteiger partial charge in [0.25, 0.3) is 0 Å². The number of nitrogens with one attached hydrogen (secondary N) is 1. The van der Waals surface area contributed by atoms with Crippen LogP contribution >= 0.6 is 0 Å². The molecule has 0 fully saturated rings. The molecule has 1 N–H and O–H groups in total. The monoisotopic (exact) mass is 256 g/mol. The molecular weight excluding hydrogens is 241 g/mol. The van der Waals surface area contributed by atoms with E-state index in [0.717, 1.165) is 0 Å². The normalized spacial score (nSPS) is 11.1. The topological polar surface area (TPSA) is 35.8 Å². The number of hydrogen-bond acceptors (Lipinski definition) is 2. The van der Waals surface area contributed by atoms with Crippen molar-refractivity contribution in [2.24, 2.45) is 5.41 Å². The number of rotatable bonds is 5. The Bertz CT molecular complexity index is 441. The average molecular weight is 256 g/mol. The predicted molar refractivity (Wildman–Crippen MR) is 63.4 cm³/mol. The second-order valence-corrected chi connectivity index (χ2v) is 4.77. The van der Waals surface area contributed by atoms with Gasteiger partial charge in [-0.1, -0.05) is 0 Å². The molecule has 1 aromatic carbocycles. The van der Waals surface area contributed by atoms with Gasteiger partial charge >= 0.3 is 0 Å². The quantitative estimate of drug-likeness (QED) is 0.812. The molecule has 5 heteroatoms. The fourth-order valence-corrected chi connectivity index (χ4v) is 1.51. The predicted octanol–water partition coefficient (Wildman–Crippen LogP) is 3.85. The third-order valence-corrected chi connectivity index (χ3v) is 2.59. The molecule has 0 radical (unpaired) electrons. The standard InChI is InChI=1S/C13H15F3N2/c1-13(2,8-17)4-3-5-18-12-10(15)6-9(14)7-11(12)16/h6-7,18H,3-5H2,1-2H3. The Morgan fingerprint density at radius 3 is 2.28 bits per heavy atom. The zero-order valence-corrected chi connectivity index (χ0v) is 10.4. The summed E-state index contributed by atoms with van der Waals surface area (Å²) < 4.78 is 39.1. The Labute approximate surface area is 104 Å². The van der Waals surface area contributed by atoms with E-state index >= 15 is 0 Å². The van der Waals surface area contributed by atoms with E-state index in [0.29, 0.717) is 31.5 Å². The summed E-state index contributed by atoms with van der Waals surface area (Å²) in [6, 6.07) is 3.40. The minimum Gasteiger partial charge on any atom is -0.380 e. The van der Waals surface area contributed by atoms with Crippen molar-refractivity contribution in [3.63, 3.8) is 0 Å². The molecule has 0 saturated carbocycles. The molecule has 2 nitrogen and oxygen atoms in total. The van der Waals surface area contributed by atoms with Crippen LogP contribution in [0.4, 0.5) is 18.9 Å². The van der Waals surface area contributed by atoms with Crippen LogP contribution in [0.3, 0.4) is 0 Å². The maximum atomic E-state index is 13.2. The lowest BCUT2D eigenvalue weighted by Crippen LogP contribution is -2.12. The maximum absolute atomic E-state index is 13.2. The van der Waals surface area contributed by atoms with Gasteiger partial charge in [-0.2, -0.15) is 5.26 Å². The van der Waals surface area contributed by atoms with Crippen LogP contribution in [0, 0.1) is 34.2 Å². The van der Waals surface area contributed by atoms with Gasteiger partial charge in [-0.25, -0.2) is 13.2 Å². The van der Waals surface area contributed by atoms with Crippen LogP contribution in [-0.4, -0.2) is 6.54 Å². The van der Waals surface area contributed by atoms with Gasteiger partial charge in [0.05, 0.1) is 11.5 Å². The van der Waals surface area contributed by atoms with Crippen LogP contribution in [0.2, 0.25) is 0 Å². The van der Waals surface area contributed by atoms with Crippen LogP contribution in [0.1, 0.15) is 26.7 Å². The van der Waals surface area contributed by atoms with E-state index in [1.807, 2.05) is 0 Å². The molecule has 0 bridgehead atoms. The molecular formula is C13H15F3N2. The first kappa shape index (κ1) is 14.4. The van der Waals surface area contributed by atoms with Crippen molar-refractivity contribution >= 4 is 5.69 Å². The minimum atomic E-state index is -0.952. The number of nitriles is 1. The molecule has 0 aliphatic carbocycles. The molecule has 98 valence electrons. The second kappa shape index (κ2) is 5.76. The molecule has 0 amide bonds. The third kappa shape index (κ3) is 3.95. The summed E-state index contributed by atoms with van der Waals surface area (Å²) in [5.41, 5.74) is -0.784. The Balaban J connectivity index is 2.53. The molecule has 1 rings (SSSR count). The summed E-state index contributed by atoms with van der Waals surface area (Å²) in [5.74, 6) is -2.85. The minimum absolute atomic E-state index is 0.324. The van der Waals surface area contributed by atoms with Crippen molar-refractivity contribution in [1.82, 2.24) is 0 Å². The largest absolute Gasteiger partial charge is 0.380 e. The first-order valence-electron chi connectivity index (χ1n) is 5.65. The molecule has 18 heavy (non-hydrogen) atoms. The highest BCUT2D eigenvalue weighted by atomic mass is 19.1. The first-order chi connectivity index (χ1) is 8.35. The van der Waals surface area contributed by atoms with Crippen molar-refractivity contribution in [2.45, 2.75) is 26.7 Å². The highest BCUT2D eigenvalue weighted by Gasteiger charge is 2.16. The summed E-state index contributed by atoms with van der Waals surface area (Å²) in [6.45, 7) is 3.92. The van der Waals surface area contributed by atoms with E-state index in [1.54, 1.807) is 13.8 Å². The second-order valence-electron chi connectivity index (χ2n) is 4.77. The van der Waals surface area contributed by atoms with Gasteiger partial charge in [0.15, 0.2) is 11.6 Å². The first-order valence-corrected chi connectivity index (χ1v) is 5.65. The SMILES string of the molecule is CC(C)(C#N)CCCNc1c(F)cc(F)cc1F. The van der Waals surface area contributed by atoms with Gasteiger partial charge < -0.3 is 5.32 Å². The van der Waals surface area contributed by atoms with E-state index in [1.165, 1.54) is 0 Å². The Morgan fingerprint density at radius 1 is 1.22 bits per heavy atom. The van der Waals surface area contributed by atoms with Crippen molar-refractivity contribution in [2.75, 3.05) is 11.9 Å². The summed E-state index contributed by atoms with van der Waals surface area (Å²) in [7, 11) is 0. The van der Waals surface area contributed by atoms with Crippen LogP contribution in [0.15, 0.2) is 12.1 Å². The average Bonchev–Trinajstić information content (AvgIpc) is 2.26. The molecule has 0 atom stereocenters. The number of anilines is 1. The van der Waals surface area contributed by atoms with Crippen LogP contribution in [0.25, 0.3) is 0 Å². The Hall–Kier alpha value is -1.70. The fourth-order valence-electron chi connectivity index (χ4n) is 1.51. The van der Waals surface area contributed by atoms with Gasteiger partial charge in [-0.15, -0.1) is 0 Å². The van der Waals surface area contributed by atoms with Gasteiger partial charge in [0, 0.05) is 18.7 Å². The lowest BCUT2D eigenvalue weighted by Gasteiger charge is -2.15. The molecule has 0 aliphatic rings. The highest BCUT2D eigenvalue weighted by Crippen LogP contribution is 2.22. The summed E-state index contributed by atoms with van der Waals surface area (Å²) in [4.78, 5) is 0. The lowest BCUT2D eigenvalue weighted by molar-refractivity contribution is 0.441. The summed E-state index contributed by atoms with van der Waals surface area (Å²) in [6.07, 6.45) is 1.21. The number of benzene rings is 1. The Kier molecular flexibility index (Phi) is 4.60. The Morgan fingerprint density at radius 2 is 1.78 bits per heavy atom. The van der Waals surface area contributed by atoms with Crippen molar-refractivity contribution in [3.8, 4) is 6.07 Å².